The number of nitrogen functional groups attached to an aromatic ring is 1. The number of hydrogen-bond acceptors (Lipinski definition) is 2. The summed E-state index contributed by atoms with van der Waals surface area (Å²) in [7, 11) is 1.59. The van der Waals surface area contributed by atoms with Gasteiger partial charge in [0.05, 0.1) is 10.5 Å². The standard InChI is InChI=1S/C8H6ClIN2S/c9-7-3-5(11)4-8-6(7)1-2-12(8)13-10/h1-4H,11H2. The van der Waals surface area contributed by atoms with E-state index in [4.69, 9.17) is 17.3 Å². The van der Waals surface area contributed by atoms with E-state index in [0.29, 0.717) is 10.7 Å². The van der Waals surface area contributed by atoms with E-state index >= 15 is 0 Å². The number of rotatable bonds is 1. The minimum atomic E-state index is 0.697. The summed E-state index contributed by atoms with van der Waals surface area (Å²) >= 11 is 8.24. The Balaban J connectivity index is 2.82. The quantitative estimate of drug-likeness (QED) is 0.640. The third-order valence-corrected chi connectivity index (χ3v) is 3.87. The summed E-state index contributed by atoms with van der Waals surface area (Å²) < 4.78 is 2.03. The lowest BCUT2D eigenvalue weighted by molar-refractivity contribution is 1.37. The third kappa shape index (κ3) is 1.62. The molecule has 1 aromatic heterocycles. The first-order chi connectivity index (χ1) is 6.22. The highest BCUT2D eigenvalue weighted by Crippen LogP contribution is 2.31. The Morgan fingerprint density at radius 2 is 2.23 bits per heavy atom. The summed E-state index contributed by atoms with van der Waals surface area (Å²) in [4.78, 5) is 0. The number of nitrogens with zero attached hydrogens (tertiary/aromatic N) is 1. The predicted octanol–water partition coefficient (Wildman–Crippen LogP) is 3.72. The molecule has 68 valence electrons. The molecule has 0 bridgehead atoms. The Morgan fingerprint density at radius 3 is 2.92 bits per heavy atom. The highest BCUT2D eigenvalue weighted by atomic mass is 127. The number of hydrogen-bond donors (Lipinski definition) is 1. The van der Waals surface area contributed by atoms with Crippen LogP contribution in [0.4, 0.5) is 5.69 Å². The largest absolute Gasteiger partial charge is 0.399 e. The second kappa shape index (κ2) is 3.59. The molecule has 0 radical (unpaired) electrons. The van der Waals surface area contributed by atoms with Crippen LogP contribution in [-0.4, -0.2) is 3.97 Å². The number of anilines is 1. The van der Waals surface area contributed by atoms with E-state index < -0.39 is 0 Å². The maximum atomic E-state index is 6.03. The molecule has 2 nitrogen and oxygen atoms in total. The Hall–Kier alpha value is -0.0700. The average Bonchev–Trinajstić information content (AvgIpc) is 2.47. The van der Waals surface area contributed by atoms with Gasteiger partial charge in [0.1, 0.15) is 0 Å². The number of aromatic nitrogens is 1. The van der Waals surface area contributed by atoms with E-state index in [2.05, 4.69) is 21.2 Å². The maximum absolute atomic E-state index is 6.03. The summed E-state index contributed by atoms with van der Waals surface area (Å²) in [6, 6.07) is 5.68. The smallest absolute Gasteiger partial charge is 0.0634 e. The van der Waals surface area contributed by atoms with Crippen LogP contribution in [0.25, 0.3) is 10.9 Å². The average molecular weight is 325 g/mol. The SMILES string of the molecule is Nc1cc(Cl)c2ccn(SI)c2c1. The summed E-state index contributed by atoms with van der Waals surface area (Å²) in [6.45, 7) is 0. The zero-order valence-electron chi connectivity index (χ0n) is 6.50. The van der Waals surface area contributed by atoms with Crippen molar-refractivity contribution >= 4 is 58.5 Å². The van der Waals surface area contributed by atoms with Gasteiger partial charge in [-0.1, -0.05) is 11.6 Å². The number of halogens is 2. The molecule has 0 atom stereocenters. The van der Waals surface area contributed by atoms with Crippen molar-refractivity contribution in [2.45, 2.75) is 0 Å². The van der Waals surface area contributed by atoms with Crippen LogP contribution in [0.5, 0.6) is 0 Å². The van der Waals surface area contributed by atoms with Gasteiger partial charge in [-0.25, -0.2) is 0 Å². The molecule has 13 heavy (non-hydrogen) atoms. The van der Waals surface area contributed by atoms with Crippen molar-refractivity contribution in [2.75, 3.05) is 5.73 Å². The van der Waals surface area contributed by atoms with Crippen LogP contribution in [0.3, 0.4) is 0 Å². The highest BCUT2D eigenvalue weighted by molar-refractivity contribution is 14.2. The molecule has 0 unspecified atom stereocenters. The molecule has 2 aromatic rings. The first kappa shape index (κ1) is 9.48. The molecule has 0 saturated carbocycles. The predicted molar refractivity (Wildman–Crippen MR) is 68.4 cm³/mol. The molecular weight excluding hydrogens is 319 g/mol. The van der Waals surface area contributed by atoms with Crippen LogP contribution >= 0.6 is 41.9 Å². The molecule has 0 aliphatic rings. The molecule has 5 heteroatoms. The fourth-order valence-corrected chi connectivity index (χ4v) is 2.90. The lowest BCUT2D eigenvalue weighted by Gasteiger charge is -2.00. The molecule has 0 fully saturated rings. The molecule has 2 rings (SSSR count). The van der Waals surface area contributed by atoms with E-state index in [9.17, 15) is 0 Å². The van der Waals surface area contributed by atoms with Gasteiger partial charge in [-0.15, -0.1) is 0 Å². The second-order valence-corrected chi connectivity index (χ2v) is 4.77. The zero-order chi connectivity index (χ0) is 9.42. The van der Waals surface area contributed by atoms with E-state index in [1.54, 1.807) is 15.2 Å². The highest BCUT2D eigenvalue weighted by Gasteiger charge is 2.05. The Morgan fingerprint density at radius 1 is 1.46 bits per heavy atom. The Labute approximate surface area is 97.1 Å². The lowest BCUT2D eigenvalue weighted by Crippen LogP contribution is -1.86. The van der Waals surface area contributed by atoms with Crippen LogP contribution in [0.1, 0.15) is 0 Å². The van der Waals surface area contributed by atoms with Crippen LogP contribution < -0.4 is 5.73 Å². The summed E-state index contributed by atoms with van der Waals surface area (Å²) in [5.41, 5.74) is 7.45. The van der Waals surface area contributed by atoms with E-state index in [1.807, 2.05) is 22.3 Å². The van der Waals surface area contributed by atoms with E-state index in [1.165, 1.54) is 0 Å². The first-order valence-corrected chi connectivity index (χ1v) is 7.27. The summed E-state index contributed by atoms with van der Waals surface area (Å²) in [6.07, 6.45) is 1.98. The van der Waals surface area contributed by atoms with E-state index in [-0.39, 0.29) is 0 Å². The molecule has 1 aromatic carbocycles. The molecule has 0 amide bonds. The fourth-order valence-electron chi connectivity index (χ4n) is 1.25. The van der Waals surface area contributed by atoms with Crippen molar-refractivity contribution in [3.8, 4) is 0 Å². The van der Waals surface area contributed by atoms with Gasteiger partial charge in [-0.3, -0.25) is 3.97 Å². The van der Waals surface area contributed by atoms with Crippen molar-refractivity contribution < 1.29 is 0 Å². The number of nitrogens with two attached hydrogens (primary N) is 1. The fraction of sp³-hybridized carbons (Fsp3) is 0. The number of benzene rings is 1. The molecule has 0 aliphatic carbocycles. The Kier molecular flexibility index (Phi) is 2.62. The van der Waals surface area contributed by atoms with Crippen molar-refractivity contribution in [2.24, 2.45) is 0 Å². The monoisotopic (exact) mass is 324 g/mol. The van der Waals surface area contributed by atoms with Gasteiger partial charge in [-0.2, -0.15) is 0 Å². The molecular formula is C8H6ClIN2S. The maximum Gasteiger partial charge on any atom is 0.0634 e. The normalized spacial score (nSPS) is 10.9. The van der Waals surface area contributed by atoms with Gasteiger partial charge < -0.3 is 5.73 Å². The minimum Gasteiger partial charge on any atom is -0.399 e. The van der Waals surface area contributed by atoms with Crippen LogP contribution in [0.15, 0.2) is 24.4 Å². The van der Waals surface area contributed by atoms with E-state index in [0.717, 1.165) is 10.9 Å². The molecule has 0 aliphatic heterocycles. The zero-order valence-corrected chi connectivity index (χ0v) is 10.2. The topological polar surface area (TPSA) is 30.9 Å². The van der Waals surface area contributed by atoms with Gasteiger partial charge in [0.2, 0.25) is 0 Å². The van der Waals surface area contributed by atoms with Crippen molar-refractivity contribution in [3.63, 3.8) is 0 Å². The van der Waals surface area contributed by atoms with Gasteiger partial charge in [-0.05, 0) is 18.2 Å². The van der Waals surface area contributed by atoms with Gasteiger partial charge in [0.15, 0.2) is 0 Å². The molecule has 0 spiro atoms. The summed E-state index contributed by atoms with van der Waals surface area (Å²) in [5.74, 6) is 0. The van der Waals surface area contributed by atoms with Crippen LogP contribution in [-0.2, 0) is 0 Å². The van der Waals surface area contributed by atoms with Gasteiger partial charge in [0, 0.05) is 47.6 Å². The Bertz CT molecular complexity index is 455. The second-order valence-electron chi connectivity index (χ2n) is 2.65. The molecule has 2 N–H and O–H groups in total. The van der Waals surface area contributed by atoms with Gasteiger partial charge in [0.25, 0.3) is 0 Å². The molecule has 0 saturated heterocycles. The van der Waals surface area contributed by atoms with Crippen LogP contribution in [0.2, 0.25) is 5.02 Å². The number of fused-ring (bicyclic) bond motifs is 1. The molecule has 1 heterocycles. The summed E-state index contributed by atoms with van der Waals surface area (Å²) in [5, 5.41) is 1.75. The first-order valence-electron chi connectivity index (χ1n) is 3.57. The lowest BCUT2D eigenvalue weighted by atomic mass is 10.2. The van der Waals surface area contributed by atoms with Gasteiger partial charge >= 0.3 is 0 Å². The van der Waals surface area contributed by atoms with Crippen molar-refractivity contribution in [1.82, 2.24) is 3.97 Å². The minimum absolute atomic E-state index is 0.697. The van der Waals surface area contributed by atoms with Crippen molar-refractivity contribution in [3.05, 3.63) is 29.4 Å². The van der Waals surface area contributed by atoms with Crippen LogP contribution in [0, 0.1) is 0 Å². The third-order valence-electron chi connectivity index (χ3n) is 1.82. The van der Waals surface area contributed by atoms with Crippen molar-refractivity contribution in [1.29, 1.82) is 0 Å².